The molecule has 4 aromatic heterocycles. The van der Waals surface area contributed by atoms with Gasteiger partial charge in [0, 0.05) is 12.2 Å². The number of hydrogen-bond acceptors (Lipinski definition) is 16. The number of hydrogen-bond donors (Lipinski definition) is 4. The number of fused-ring (bicyclic) bond motifs is 2. The standard InChI is InChI=1S/C23H27FN5O6P.C10H11FN5O5P/c1-14(2)33-23(30)16(4)28-36(31,35-17-8-6-5-7-9-17)13-32-19-10-18(24)22(34-19)29-12-27-20-15(3)25-11-26-21(20)29;11-5-1-6(20-4-22(17,18)19)21-10(5)16-3-15-7-8(12)13-2-14-9(7)16/h5-12,14,16,19,22H,13H2,1-4H3,(H,28,31);1-3,6,10H,4H2,(H2,12,13,14)(H2,17,18,19)/t16-,19-,22?,36-;6-,10?/m00/s1. The number of esters is 1. The first kappa shape index (κ1) is 42.5. The number of nitrogens with zero attached hydrogens (tertiary/aromatic N) is 8. The lowest BCUT2D eigenvalue weighted by Gasteiger charge is -2.25. The van der Waals surface area contributed by atoms with E-state index >= 15 is 0 Å². The molecule has 0 saturated heterocycles. The van der Waals surface area contributed by atoms with E-state index in [4.69, 9.17) is 43.7 Å². The van der Waals surface area contributed by atoms with E-state index in [0.29, 0.717) is 28.1 Å². The number of aromatic nitrogens is 8. The van der Waals surface area contributed by atoms with Gasteiger partial charge in [-0.15, -0.1) is 0 Å². The molecule has 2 aliphatic heterocycles. The predicted octanol–water partition coefficient (Wildman–Crippen LogP) is 4.29. The van der Waals surface area contributed by atoms with Crippen LogP contribution in [0.1, 0.15) is 38.9 Å². The molecular weight excluding hydrogens is 812 g/mol. The Bertz CT molecular complexity index is 2410. The van der Waals surface area contributed by atoms with E-state index in [9.17, 15) is 22.7 Å². The predicted molar refractivity (Wildman–Crippen MR) is 198 cm³/mol. The Kier molecular flexibility index (Phi) is 13.1. The number of carbonyl (C=O) groups excluding carboxylic acids is 1. The second kappa shape index (κ2) is 17.8. The van der Waals surface area contributed by atoms with Crippen molar-refractivity contribution in [2.75, 3.05) is 18.4 Å². The molecule has 6 heterocycles. The SMILES string of the molecule is Cc1ncnc2c1ncn2C1O[C@H](OC[P@@](=O)(N[C@@H](C)C(=O)OC(C)C)Oc2ccccc2)C=C1F.Nc1ncnc2c1ncn2C1O[C@H](OCP(=O)(O)O)C=C1F. The Morgan fingerprint density at radius 2 is 1.41 bits per heavy atom. The number of nitrogens with one attached hydrogen (secondary N) is 1. The summed E-state index contributed by atoms with van der Waals surface area (Å²) >= 11 is 0. The molecule has 0 saturated carbocycles. The smallest absolute Gasteiger partial charge is 0.351 e. The number of halogens is 2. The van der Waals surface area contributed by atoms with Crippen LogP contribution in [0.3, 0.4) is 0 Å². The molecule has 2 unspecified atom stereocenters. The van der Waals surface area contributed by atoms with Crippen LogP contribution in [0, 0.1) is 6.92 Å². The highest BCUT2D eigenvalue weighted by Crippen LogP contribution is 2.45. The Hall–Kier alpha value is -5.09. The molecule has 25 heteroatoms. The molecule has 1 aromatic carbocycles. The Morgan fingerprint density at radius 1 is 0.862 bits per heavy atom. The number of carbonyl (C=O) groups is 1. The van der Waals surface area contributed by atoms with Crippen molar-refractivity contribution in [1.82, 2.24) is 44.1 Å². The number of para-hydroxylation sites is 1. The van der Waals surface area contributed by atoms with E-state index in [2.05, 4.69) is 35.0 Å². The van der Waals surface area contributed by atoms with Crippen molar-refractivity contribution in [3.8, 4) is 5.75 Å². The number of imidazole rings is 2. The zero-order valence-corrected chi connectivity index (χ0v) is 32.9. The number of aryl methyl sites for hydroxylation is 1. The summed E-state index contributed by atoms with van der Waals surface area (Å²) in [4.78, 5) is 53.9. The van der Waals surface area contributed by atoms with E-state index < -0.39 is 76.5 Å². The summed E-state index contributed by atoms with van der Waals surface area (Å²) in [6, 6.07) is 7.45. The van der Waals surface area contributed by atoms with E-state index in [-0.39, 0.29) is 17.6 Å². The molecule has 21 nitrogen and oxygen atoms in total. The highest BCUT2D eigenvalue weighted by atomic mass is 31.2. The van der Waals surface area contributed by atoms with Crippen molar-refractivity contribution in [2.45, 2.75) is 64.9 Å². The Labute approximate surface area is 327 Å². The lowest BCUT2D eigenvalue weighted by atomic mass is 10.3. The minimum absolute atomic E-state index is 0.139. The number of nitrogen functional groups attached to an aromatic ring is 1. The van der Waals surface area contributed by atoms with Crippen LogP contribution in [-0.4, -0.2) is 92.2 Å². The van der Waals surface area contributed by atoms with Crippen molar-refractivity contribution in [3.63, 3.8) is 0 Å². The van der Waals surface area contributed by atoms with Crippen molar-refractivity contribution in [3.05, 3.63) is 85.1 Å². The van der Waals surface area contributed by atoms with Crippen LogP contribution >= 0.6 is 15.1 Å². The fourth-order valence-corrected chi connectivity index (χ4v) is 7.43. The average molecular weight is 851 g/mol. The van der Waals surface area contributed by atoms with Gasteiger partial charge in [-0.2, -0.15) is 0 Å². The number of benzene rings is 1. The lowest BCUT2D eigenvalue weighted by Crippen LogP contribution is -2.37. The zero-order chi connectivity index (χ0) is 41.8. The second-order valence-electron chi connectivity index (χ2n) is 12.9. The number of anilines is 1. The lowest BCUT2D eigenvalue weighted by molar-refractivity contribution is -0.149. The number of nitrogens with two attached hydrogens (primary N) is 1. The van der Waals surface area contributed by atoms with E-state index in [1.54, 1.807) is 51.1 Å². The van der Waals surface area contributed by atoms with Gasteiger partial charge >= 0.3 is 21.1 Å². The monoisotopic (exact) mass is 850 g/mol. The van der Waals surface area contributed by atoms with Gasteiger partial charge in [0.25, 0.3) is 0 Å². The van der Waals surface area contributed by atoms with Crippen LogP contribution in [0.4, 0.5) is 14.6 Å². The molecule has 0 radical (unpaired) electrons. The summed E-state index contributed by atoms with van der Waals surface area (Å²) in [5.74, 6) is -1.49. The Morgan fingerprint density at radius 3 is 2.00 bits per heavy atom. The fraction of sp³-hybridized carbons (Fsp3) is 0.364. The number of rotatable bonds is 14. The maximum absolute atomic E-state index is 14.8. The summed E-state index contributed by atoms with van der Waals surface area (Å²) in [6.45, 7) is 6.68. The first-order chi connectivity index (χ1) is 27.5. The minimum Gasteiger partial charge on any atom is -0.462 e. The summed E-state index contributed by atoms with van der Waals surface area (Å²) in [6.07, 6.45) is 0.793. The summed E-state index contributed by atoms with van der Waals surface area (Å²) in [5, 5.41) is 2.68. The molecule has 5 N–H and O–H groups in total. The highest BCUT2D eigenvalue weighted by molar-refractivity contribution is 7.57. The molecule has 58 heavy (non-hydrogen) atoms. The van der Waals surface area contributed by atoms with E-state index in [1.807, 2.05) is 0 Å². The van der Waals surface area contributed by atoms with Crippen molar-refractivity contribution in [2.24, 2.45) is 0 Å². The molecular formula is C33H38F2N10O11P2. The van der Waals surface area contributed by atoms with Crippen molar-refractivity contribution < 1.29 is 60.7 Å². The average Bonchev–Trinajstić information content (AvgIpc) is 3.95. The van der Waals surface area contributed by atoms with Gasteiger partial charge in [-0.25, -0.2) is 43.8 Å². The molecule has 6 atom stereocenters. The first-order valence-corrected chi connectivity index (χ1v) is 20.8. The molecule has 0 spiro atoms. The third-order valence-corrected chi connectivity index (χ3v) is 10.2. The van der Waals surface area contributed by atoms with Gasteiger partial charge in [0.15, 0.2) is 66.5 Å². The minimum atomic E-state index is -4.37. The third-order valence-electron chi connectivity index (χ3n) is 7.93. The van der Waals surface area contributed by atoms with Crippen LogP contribution in [0.15, 0.2) is 79.4 Å². The molecule has 0 amide bonds. The van der Waals surface area contributed by atoms with Gasteiger partial charge in [-0.05, 0) is 39.8 Å². The maximum atomic E-state index is 14.8. The maximum Gasteiger partial charge on any atom is 0.351 e. The quantitative estimate of drug-likeness (QED) is 0.0896. The van der Waals surface area contributed by atoms with E-state index in [1.165, 1.54) is 41.4 Å². The van der Waals surface area contributed by atoms with E-state index in [0.717, 1.165) is 12.2 Å². The molecule has 310 valence electrons. The first-order valence-electron chi connectivity index (χ1n) is 17.2. The van der Waals surface area contributed by atoms with Gasteiger partial charge in [-0.1, -0.05) is 18.2 Å². The molecule has 5 aromatic rings. The van der Waals surface area contributed by atoms with Gasteiger partial charge in [-0.3, -0.25) is 23.1 Å². The fourth-order valence-electron chi connectivity index (χ4n) is 5.41. The summed E-state index contributed by atoms with van der Waals surface area (Å²) < 4.78 is 88.2. The molecule has 0 aliphatic carbocycles. The second-order valence-corrected chi connectivity index (χ2v) is 16.5. The van der Waals surface area contributed by atoms with Crippen molar-refractivity contribution >= 4 is 49.2 Å². The van der Waals surface area contributed by atoms with Gasteiger partial charge < -0.3 is 43.7 Å². The molecule has 0 bridgehead atoms. The van der Waals surface area contributed by atoms with Gasteiger partial charge in [0.2, 0.25) is 0 Å². The largest absolute Gasteiger partial charge is 0.462 e. The van der Waals surface area contributed by atoms with Crippen molar-refractivity contribution in [1.29, 1.82) is 0 Å². The summed E-state index contributed by atoms with van der Waals surface area (Å²) in [5.41, 5.74) is 7.75. The van der Waals surface area contributed by atoms with Crippen LogP contribution in [0.2, 0.25) is 0 Å². The normalized spacial score (nSPS) is 21.0. The molecule has 2 aliphatic rings. The summed E-state index contributed by atoms with van der Waals surface area (Å²) in [7, 11) is -8.21. The van der Waals surface area contributed by atoms with Crippen LogP contribution in [-0.2, 0) is 37.6 Å². The van der Waals surface area contributed by atoms with Crippen LogP contribution < -0.4 is 15.3 Å². The van der Waals surface area contributed by atoms with Crippen LogP contribution in [0.25, 0.3) is 22.3 Å². The molecule has 7 rings (SSSR count). The number of ether oxygens (including phenoxy) is 5. The highest BCUT2D eigenvalue weighted by Gasteiger charge is 2.37. The van der Waals surface area contributed by atoms with Crippen LogP contribution in [0.5, 0.6) is 5.75 Å². The Balaban J connectivity index is 0.000000220. The topological polar surface area (TPSA) is 272 Å². The molecule has 0 fully saturated rings. The van der Waals surface area contributed by atoms with Gasteiger partial charge in [0.05, 0.1) is 24.5 Å². The van der Waals surface area contributed by atoms with Gasteiger partial charge in [0.1, 0.15) is 35.5 Å². The zero-order valence-electron chi connectivity index (χ0n) is 31.1. The third kappa shape index (κ3) is 10.3.